The van der Waals surface area contributed by atoms with Gasteiger partial charge in [0.25, 0.3) is 5.91 Å². The largest absolute Gasteiger partial charge is 0.493 e. The molecule has 2 bridgehead atoms. The van der Waals surface area contributed by atoms with E-state index in [1.54, 1.807) is 12.4 Å². The van der Waals surface area contributed by atoms with Crippen molar-refractivity contribution in [1.82, 2.24) is 24.4 Å². The number of aryl methyl sites for hydroxylation is 3. The molecule has 1 N–H and O–H groups in total. The van der Waals surface area contributed by atoms with Crippen LogP contribution in [0.4, 0.5) is 11.6 Å². The van der Waals surface area contributed by atoms with Gasteiger partial charge < -0.3 is 19.1 Å². The predicted molar refractivity (Wildman–Crippen MR) is 182 cm³/mol. The molecule has 9 nitrogen and oxygen atoms in total. The molecule has 46 heavy (non-hydrogen) atoms. The number of carbonyl (C=O) groups excluding carboxylic acids is 1. The molecule has 8 rings (SSSR count). The monoisotopic (exact) mass is 619 g/mol. The van der Waals surface area contributed by atoms with Crippen LogP contribution in [-0.2, 0) is 6.54 Å². The normalized spacial score (nSPS) is 20.7. The van der Waals surface area contributed by atoms with Crippen molar-refractivity contribution in [1.29, 1.82) is 0 Å². The maximum absolute atomic E-state index is 13.8. The van der Waals surface area contributed by atoms with E-state index >= 15 is 0 Å². The first-order valence-electron chi connectivity index (χ1n) is 17.3. The molecule has 3 aromatic heterocycles. The maximum atomic E-state index is 13.8. The number of benzene rings is 1. The lowest BCUT2D eigenvalue weighted by atomic mass is 9.71. The lowest BCUT2D eigenvalue weighted by Crippen LogP contribution is -2.47. The Morgan fingerprint density at radius 2 is 1.72 bits per heavy atom. The standard InChI is InChI=1S/C37H45N7O2/c1-25-20-31-33(23-32(25)43-17-11-37(12-18-43)9-15-42(16-10-37)28-6-7-28)44-14-4-3-5-19-46-34-8-13-38-24-29(34)30-22-27(21-26(2)39-30)35(45)41-36(44)40-31/h8,13,20-24,28H,3-7,9-12,14-19H2,1-2H3,(H,40,41,45). The molecular formula is C37H45N7O2. The number of carbonyl (C=O) groups is 1. The Kier molecular flexibility index (Phi) is 7.67. The molecule has 1 spiro atoms. The third-order valence-corrected chi connectivity index (χ3v) is 10.9. The molecule has 3 fully saturated rings. The summed E-state index contributed by atoms with van der Waals surface area (Å²) in [5.41, 5.74) is 7.83. The number of nitrogens with zero attached hydrogens (tertiary/aromatic N) is 6. The van der Waals surface area contributed by atoms with Crippen molar-refractivity contribution in [3.8, 4) is 17.0 Å². The van der Waals surface area contributed by atoms with Gasteiger partial charge in [-0.05, 0) is 126 Å². The van der Waals surface area contributed by atoms with E-state index in [2.05, 4.69) is 43.7 Å². The molecule has 0 radical (unpaired) electrons. The molecule has 240 valence electrons. The second kappa shape index (κ2) is 12.0. The Hall–Kier alpha value is -3.98. The van der Waals surface area contributed by atoms with E-state index in [1.807, 2.05) is 25.1 Å². The highest BCUT2D eigenvalue weighted by Gasteiger charge is 2.41. The highest BCUT2D eigenvalue weighted by atomic mass is 16.5. The van der Waals surface area contributed by atoms with Crippen molar-refractivity contribution < 1.29 is 9.53 Å². The van der Waals surface area contributed by atoms with Gasteiger partial charge in [-0.2, -0.15) is 0 Å². The highest BCUT2D eigenvalue weighted by molar-refractivity contribution is 6.05. The van der Waals surface area contributed by atoms with Crippen LogP contribution in [0.2, 0.25) is 0 Å². The number of rotatable bonds is 2. The van der Waals surface area contributed by atoms with Crippen molar-refractivity contribution in [2.75, 3.05) is 43.0 Å². The Labute approximate surface area is 271 Å². The van der Waals surface area contributed by atoms with Crippen molar-refractivity contribution in [3.63, 3.8) is 0 Å². The number of piperidine rings is 2. The number of hydrogen-bond donors (Lipinski definition) is 1. The molecule has 9 heteroatoms. The van der Waals surface area contributed by atoms with E-state index in [-0.39, 0.29) is 5.91 Å². The molecule has 3 aliphatic heterocycles. The van der Waals surface area contributed by atoms with Crippen molar-refractivity contribution in [2.24, 2.45) is 5.41 Å². The zero-order valence-electron chi connectivity index (χ0n) is 27.2. The van der Waals surface area contributed by atoms with Crippen LogP contribution in [-0.4, -0.2) is 69.2 Å². The zero-order chi connectivity index (χ0) is 31.3. The fraction of sp³-hybridized carbons (Fsp3) is 0.514. The number of fused-ring (bicyclic) bond motifs is 7. The van der Waals surface area contributed by atoms with Gasteiger partial charge in [0, 0.05) is 55.0 Å². The molecule has 1 amide bonds. The minimum Gasteiger partial charge on any atom is -0.493 e. The first-order chi connectivity index (χ1) is 22.4. The molecule has 0 unspecified atom stereocenters. The van der Waals surface area contributed by atoms with Crippen LogP contribution in [0.25, 0.3) is 22.3 Å². The number of ether oxygens (including phenoxy) is 1. The van der Waals surface area contributed by atoms with Crippen LogP contribution in [0.3, 0.4) is 0 Å². The molecule has 1 aliphatic carbocycles. The van der Waals surface area contributed by atoms with Crippen LogP contribution in [0.1, 0.15) is 79.4 Å². The molecule has 1 saturated carbocycles. The molecule has 4 aliphatic rings. The topological polar surface area (TPSA) is 88.4 Å². The number of imidazole rings is 1. The summed E-state index contributed by atoms with van der Waals surface area (Å²) >= 11 is 0. The van der Waals surface area contributed by atoms with Gasteiger partial charge in [0.15, 0.2) is 0 Å². The first-order valence-corrected chi connectivity index (χ1v) is 17.3. The summed E-state index contributed by atoms with van der Waals surface area (Å²) in [6.45, 7) is 10.3. The summed E-state index contributed by atoms with van der Waals surface area (Å²) in [6, 6.07) is 10.9. The molecule has 6 heterocycles. The lowest BCUT2D eigenvalue weighted by Gasteiger charge is -2.47. The average Bonchev–Trinajstić information content (AvgIpc) is 3.86. The summed E-state index contributed by atoms with van der Waals surface area (Å²) in [6.07, 6.45) is 14.5. The molecule has 4 aromatic rings. The smallest absolute Gasteiger partial charge is 0.258 e. The minimum atomic E-state index is -0.199. The maximum Gasteiger partial charge on any atom is 0.258 e. The van der Waals surface area contributed by atoms with Crippen LogP contribution in [0.5, 0.6) is 5.75 Å². The second-order valence-corrected chi connectivity index (χ2v) is 14.1. The number of aromatic nitrogens is 4. The van der Waals surface area contributed by atoms with Crippen LogP contribution < -0.4 is 15.0 Å². The highest BCUT2D eigenvalue weighted by Crippen LogP contribution is 2.45. The summed E-state index contributed by atoms with van der Waals surface area (Å²) in [5, 5.41) is 3.17. The molecule has 1 aromatic carbocycles. The van der Waals surface area contributed by atoms with E-state index in [4.69, 9.17) is 14.7 Å². The average molecular weight is 620 g/mol. The van der Waals surface area contributed by atoms with Crippen molar-refractivity contribution >= 4 is 28.6 Å². The summed E-state index contributed by atoms with van der Waals surface area (Å²) in [7, 11) is 0. The van der Waals surface area contributed by atoms with Gasteiger partial charge in [-0.3, -0.25) is 20.1 Å². The van der Waals surface area contributed by atoms with E-state index in [0.717, 1.165) is 73.0 Å². The number of anilines is 2. The molecular weight excluding hydrogens is 574 g/mol. The summed E-state index contributed by atoms with van der Waals surface area (Å²) < 4.78 is 8.41. The van der Waals surface area contributed by atoms with Gasteiger partial charge in [-0.1, -0.05) is 0 Å². The lowest BCUT2D eigenvalue weighted by molar-refractivity contribution is 0.0756. The number of pyridine rings is 2. The zero-order valence-corrected chi connectivity index (χ0v) is 27.2. The van der Waals surface area contributed by atoms with Crippen molar-refractivity contribution in [2.45, 2.75) is 84.2 Å². The second-order valence-electron chi connectivity index (χ2n) is 14.1. The molecule has 2 saturated heterocycles. The molecule has 0 atom stereocenters. The third-order valence-electron chi connectivity index (χ3n) is 10.9. The van der Waals surface area contributed by atoms with Crippen LogP contribution >= 0.6 is 0 Å². The van der Waals surface area contributed by atoms with E-state index in [9.17, 15) is 4.79 Å². The van der Waals surface area contributed by atoms with E-state index in [0.29, 0.717) is 29.2 Å². The first kappa shape index (κ1) is 29.4. The Balaban J connectivity index is 1.08. The Morgan fingerprint density at radius 3 is 2.52 bits per heavy atom. The Morgan fingerprint density at radius 1 is 0.913 bits per heavy atom. The van der Waals surface area contributed by atoms with Crippen LogP contribution in [0, 0.1) is 19.3 Å². The van der Waals surface area contributed by atoms with E-state index < -0.39 is 0 Å². The van der Waals surface area contributed by atoms with Crippen molar-refractivity contribution in [3.05, 3.63) is 59.5 Å². The number of amides is 1. The SMILES string of the molecule is Cc1cc2cc(n1)-c1cnccc1OCCCCCn1c(nc3cc(C)c(N4CCC5(CC4)CCN(C4CC4)CC5)cc31)NC2=O. The Bertz CT molecular complexity index is 1760. The summed E-state index contributed by atoms with van der Waals surface area (Å²) in [4.78, 5) is 33.1. The number of hydrogen-bond acceptors (Lipinski definition) is 7. The number of likely N-dealkylation sites (tertiary alicyclic amines) is 1. The predicted octanol–water partition coefficient (Wildman–Crippen LogP) is 6.77. The summed E-state index contributed by atoms with van der Waals surface area (Å²) in [5.74, 6) is 1.14. The fourth-order valence-electron chi connectivity index (χ4n) is 7.99. The van der Waals surface area contributed by atoms with Gasteiger partial charge in [-0.15, -0.1) is 0 Å². The van der Waals surface area contributed by atoms with Gasteiger partial charge in [0.2, 0.25) is 5.95 Å². The van der Waals surface area contributed by atoms with Gasteiger partial charge in [0.1, 0.15) is 5.75 Å². The number of nitrogens with one attached hydrogen (secondary N) is 1. The van der Waals surface area contributed by atoms with Gasteiger partial charge in [0.05, 0.1) is 28.9 Å². The van der Waals surface area contributed by atoms with Gasteiger partial charge >= 0.3 is 0 Å². The van der Waals surface area contributed by atoms with E-state index in [1.165, 1.54) is 62.9 Å². The van der Waals surface area contributed by atoms with Gasteiger partial charge in [-0.25, -0.2) is 4.98 Å². The quantitative estimate of drug-likeness (QED) is 0.265. The third kappa shape index (κ3) is 5.74. The minimum absolute atomic E-state index is 0.199. The fourth-order valence-corrected chi connectivity index (χ4v) is 7.99. The van der Waals surface area contributed by atoms with Crippen LogP contribution in [0.15, 0.2) is 42.7 Å².